The summed E-state index contributed by atoms with van der Waals surface area (Å²) in [7, 11) is 0. The number of halogens is 5. The molecule has 0 aliphatic carbocycles. The first-order valence-corrected chi connectivity index (χ1v) is 19.6. The number of carboxylic acid groups (broad SMARTS) is 2. The van der Waals surface area contributed by atoms with Gasteiger partial charge in [0.05, 0.1) is 18.1 Å². The summed E-state index contributed by atoms with van der Waals surface area (Å²) in [5, 5.41) is 32.1. The van der Waals surface area contributed by atoms with Crippen LogP contribution in [0.4, 0.5) is 22.0 Å². The third-order valence-corrected chi connectivity index (χ3v) is 9.50. The Bertz CT molecular complexity index is 1990. The van der Waals surface area contributed by atoms with Crippen molar-refractivity contribution in [3.63, 3.8) is 0 Å². The summed E-state index contributed by atoms with van der Waals surface area (Å²) in [6.45, 7) is 6.59. The van der Waals surface area contributed by atoms with Crippen LogP contribution < -0.4 is 22.1 Å². The third-order valence-electron chi connectivity index (χ3n) is 9.50. The number of unbranched alkanes of at least 4 members (excludes halogenated alkanes) is 1. The van der Waals surface area contributed by atoms with Crippen molar-refractivity contribution in [2.24, 2.45) is 16.9 Å². The molecule has 62 heavy (non-hydrogen) atoms. The first-order valence-electron chi connectivity index (χ1n) is 19.6. The predicted molar refractivity (Wildman–Crippen MR) is 217 cm³/mol. The highest BCUT2D eigenvalue weighted by molar-refractivity contribution is 5.90. The van der Waals surface area contributed by atoms with Crippen LogP contribution in [-0.2, 0) is 35.3 Å². The van der Waals surface area contributed by atoms with Crippen LogP contribution in [0.3, 0.4) is 0 Å². The van der Waals surface area contributed by atoms with Crippen LogP contribution in [0.5, 0.6) is 0 Å². The van der Waals surface area contributed by atoms with Crippen molar-refractivity contribution in [1.82, 2.24) is 20.1 Å². The lowest BCUT2D eigenvalue weighted by atomic mass is 9.82. The van der Waals surface area contributed by atoms with E-state index in [1.807, 2.05) is 55.7 Å². The van der Waals surface area contributed by atoms with E-state index < -0.39 is 83.7 Å². The Hall–Kier alpha value is -5.73. The second kappa shape index (κ2) is 24.1. The van der Waals surface area contributed by atoms with Gasteiger partial charge in [-0.05, 0) is 73.9 Å². The van der Waals surface area contributed by atoms with Crippen molar-refractivity contribution < 1.29 is 66.0 Å². The number of Topliss-reactive ketones (excluding diaryl/α,β-unsaturated/α-hetero) is 1. The average Bonchev–Trinajstić information content (AvgIpc) is 3.59. The number of carbonyl (C=O) groups is 6. The number of aliphatic hydroxyl groups is 1. The number of aliphatic hydroxyl groups excluding tert-OH is 1. The lowest BCUT2D eigenvalue weighted by molar-refractivity contribution is -0.192. The number of nitrogens with zero attached hydrogens (tertiary/aromatic N) is 2. The number of nitrogens with two attached hydrogens (primary N) is 2. The van der Waals surface area contributed by atoms with Crippen LogP contribution in [0.15, 0.2) is 60.8 Å². The van der Waals surface area contributed by atoms with Crippen molar-refractivity contribution in [2.45, 2.75) is 103 Å². The smallest absolute Gasteiger partial charge is 0.480 e. The molecule has 0 fully saturated rings. The summed E-state index contributed by atoms with van der Waals surface area (Å²) in [5.74, 6) is -7.72. The number of benzene rings is 2. The van der Waals surface area contributed by atoms with E-state index in [0.717, 1.165) is 23.8 Å². The SMILES string of the molecule is CC(=O)N[C@@H](CCCCN)C(=O)CCC(NC(=O)[C@@H](N)CCN(C(=O)CO)[C@@H](c1cc(-c2cc(F)ccc2F)cn1Cc1ccccc1)C(C)(C)C)C(=O)O.O=C(O)C(F)(F)F. The van der Waals surface area contributed by atoms with Gasteiger partial charge in [0, 0.05) is 49.5 Å². The molecule has 9 N–H and O–H groups in total. The average molecular weight is 883 g/mol. The fourth-order valence-corrected chi connectivity index (χ4v) is 6.56. The Morgan fingerprint density at radius 3 is 2.03 bits per heavy atom. The minimum Gasteiger partial charge on any atom is -0.480 e. The maximum absolute atomic E-state index is 15.1. The first-order chi connectivity index (χ1) is 28.9. The van der Waals surface area contributed by atoms with Gasteiger partial charge in [-0.15, -0.1) is 0 Å². The molecular formula is C42H55F5N6O9. The van der Waals surface area contributed by atoms with Crippen molar-refractivity contribution in [1.29, 1.82) is 0 Å². The normalized spacial score (nSPS) is 13.4. The third kappa shape index (κ3) is 16.6. The second-order valence-corrected chi connectivity index (χ2v) is 15.5. The standard InChI is InChI=1S/C40H54F2N6O7.C2HF3O2/c1-25(50)45-32(12-8-9-18-43)35(51)16-15-33(39(54)55)46-38(53)31(44)17-19-48(36(52)24-49)37(40(2,3)4)34-20-27(29-21-28(41)13-14-30(29)42)23-47(34)22-26-10-6-5-7-11-26;3-2(4,5)1(6)7/h5-7,10-11,13-14,20-21,23,31-33,37,49H,8-9,12,15-19,22,24,43-44H2,1-4H3,(H,45,50)(H,46,53)(H,54,55);(H,6,7)/t31-,32-,33?,37-;/m0./s1. The largest absolute Gasteiger partial charge is 0.490 e. The molecule has 2 aromatic carbocycles. The molecule has 0 spiro atoms. The Morgan fingerprint density at radius 1 is 0.871 bits per heavy atom. The monoisotopic (exact) mass is 882 g/mol. The summed E-state index contributed by atoms with van der Waals surface area (Å²) in [6, 6.07) is 9.84. The van der Waals surface area contributed by atoms with E-state index in [0.29, 0.717) is 43.6 Å². The van der Waals surface area contributed by atoms with Crippen molar-refractivity contribution in [3.05, 3.63) is 83.7 Å². The highest BCUT2D eigenvalue weighted by atomic mass is 19.4. The van der Waals surface area contributed by atoms with Gasteiger partial charge in [0.25, 0.3) is 0 Å². The van der Waals surface area contributed by atoms with Crippen molar-refractivity contribution in [2.75, 3.05) is 19.7 Å². The zero-order valence-corrected chi connectivity index (χ0v) is 34.9. The number of rotatable bonds is 21. The number of alkyl halides is 3. The van der Waals surface area contributed by atoms with Gasteiger partial charge in [-0.1, -0.05) is 51.1 Å². The summed E-state index contributed by atoms with van der Waals surface area (Å²) in [4.78, 5) is 73.7. The van der Waals surface area contributed by atoms with Crippen LogP contribution >= 0.6 is 0 Å². The molecule has 1 heterocycles. The van der Waals surface area contributed by atoms with E-state index >= 15 is 4.39 Å². The minimum absolute atomic E-state index is 0.0198. The number of carbonyl (C=O) groups excluding carboxylic acids is 4. The second-order valence-electron chi connectivity index (χ2n) is 15.5. The molecule has 0 bridgehead atoms. The fraction of sp³-hybridized carbons (Fsp3) is 0.476. The number of hydrogen-bond donors (Lipinski definition) is 7. The van der Waals surface area contributed by atoms with Crippen LogP contribution in [0, 0.1) is 17.0 Å². The maximum atomic E-state index is 15.1. The van der Waals surface area contributed by atoms with Gasteiger partial charge in [-0.3, -0.25) is 19.2 Å². The predicted octanol–water partition coefficient (Wildman–Crippen LogP) is 4.29. The molecule has 0 saturated heterocycles. The van der Waals surface area contributed by atoms with Crippen molar-refractivity contribution >= 4 is 35.4 Å². The maximum Gasteiger partial charge on any atom is 0.490 e. The molecule has 15 nitrogen and oxygen atoms in total. The van der Waals surface area contributed by atoms with Gasteiger partial charge in [0.2, 0.25) is 17.7 Å². The zero-order valence-electron chi connectivity index (χ0n) is 34.9. The molecule has 342 valence electrons. The highest BCUT2D eigenvalue weighted by Crippen LogP contribution is 2.41. The number of amides is 3. The summed E-state index contributed by atoms with van der Waals surface area (Å²) in [6.07, 6.45) is -2.49. The highest BCUT2D eigenvalue weighted by Gasteiger charge is 2.39. The van der Waals surface area contributed by atoms with Crippen molar-refractivity contribution in [3.8, 4) is 11.1 Å². The molecule has 20 heteroatoms. The van der Waals surface area contributed by atoms with Gasteiger partial charge < -0.3 is 46.9 Å². The molecule has 0 radical (unpaired) electrons. The Balaban J connectivity index is 0.00000173. The summed E-state index contributed by atoms with van der Waals surface area (Å²) < 4.78 is 62.9. The van der Waals surface area contributed by atoms with E-state index in [-0.39, 0.29) is 37.2 Å². The molecule has 4 atom stereocenters. The number of aromatic nitrogens is 1. The minimum atomic E-state index is -5.08. The zero-order chi connectivity index (χ0) is 46.9. The Kier molecular flexibility index (Phi) is 20.3. The molecule has 0 aliphatic heterocycles. The van der Waals surface area contributed by atoms with E-state index in [4.69, 9.17) is 21.4 Å². The quantitative estimate of drug-likeness (QED) is 0.0588. The van der Waals surface area contributed by atoms with Gasteiger partial charge in [0.15, 0.2) is 5.78 Å². The number of ketones is 1. The molecule has 0 saturated carbocycles. The molecule has 3 amide bonds. The van der Waals surface area contributed by atoms with Crippen LogP contribution in [0.2, 0.25) is 0 Å². The topological polar surface area (TPSA) is 247 Å². The number of hydrogen-bond acceptors (Lipinski definition) is 9. The fourth-order valence-electron chi connectivity index (χ4n) is 6.56. The summed E-state index contributed by atoms with van der Waals surface area (Å²) in [5.41, 5.74) is 12.9. The first kappa shape index (κ1) is 52.4. The van der Waals surface area contributed by atoms with Gasteiger partial charge in [-0.25, -0.2) is 18.4 Å². The van der Waals surface area contributed by atoms with E-state index in [2.05, 4.69) is 10.6 Å². The number of nitrogens with one attached hydrogen (secondary N) is 2. The van der Waals surface area contributed by atoms with Gasteiger partial charge >= 0.3 is 18.1 Å². The lowest BCUT2D eigenvalue weighted by Gasteiger charge is -2.41. The van der Waals surface area contributed by atoms with Crippen LogP contribution in [0.25, 0.3) is 11.1 Å². The van der Waals surface area contributed by atoms with Gasteiger partial charge in [-0.2, -0.15) is 13.2 Å². The van der Waals surface area contributed by atoms with E-state index in [1.165, 1.54) is 11.8 Å². The van der Waals surface area contributed by atoms with Gasteiger partial charge in [0.1, 0.15) is 24.3 Å². The molecule has 3 aromatic rings. The van der Waals surface area contributed by atoms with Crippen LogP contribution in [-0.4, -0.2) is 104 Å². The Labute approximate surface area is 355 Å². The summed E-state index contributed by atoms with van der Waals surface area (Å²) >= 11 is 0. The Morgan fingerprint density at radius 2 is 1.50 bits per heavy atom. The number of aliphatic carboxylic acids is 2. The van der Waals surface area contributed by atoms with E-state index in [9.17, 15) is 51.7 Å². The van der Waals surface area contributed by atoms with Crippen LogP contribution in [0.1, 0.15) is 83.5 Å². The molecule has 0 aliphatic rings. The molecular weight excluding hydrogens is 827 g/mol. The molecule has 3 rings (SSSR count). The molecule has 1 aromatic heterocycles. The number of carboxylic acids is 2. The lowest BCUT2D eigenvalue weighted by Crippen LogP contribution is -2.51. The molecule has 1 unspecified atom stereocenters. The van der Waals surface area contributed by atoms with E-state index in [1.54, 1.807) is 12.3 Å².